The van der Waals surface area contributed by atoms with Crippen molar-refractivity contribution >= 4 is 5.97 Å². The van der Waals surface area contributed by atoms with Crippen LogP contribution in [0.1, 0.15) is 74.1 Å². The summed E-state index contributed by atoms with van der Waals surface area (Å²) in [5.74, 6) is 1.21. The minimum Gasteiger partial charge on any atom is -0.462 e. The highest BCUT2D eigenvalue weighted by Crippen LogP contribution is 2.37. The third-order valence-corrected chi connectivity index (χ3v) is 6.81. The van der Waals surface area contributed by atoms with E-state index in [9.17, 15) is 9.90 Å². The highest BCUT2D eigenvalue weighted by atomic mass is 16.5. The summed E-state index contributed by atoms with van der Waals surface area (Å²) in [6.07, 6.45) is 7.47. The summed E-state index contributed by atoms with van der Waals surface area (Å²) >= 11 is 0. The van der Waals surface area contributed by atoms with Crippen molar-refractivity contribution < 1.29 is 14.6 Å². The number of hydrogen-bond donors (Lipinski definition) is 1. The van der Waals surface area contributed by atoms with Gasteiger partial charge in [-0.3, -0.25) is 0 Å². The second-order valence-corrected chi connectivity index (χ2v) is 9.51. The summed E-state index contributed by atoms with van der Waals surface area (Å²) in [5, 5.41) is 9.27. The minimum atomic E-state index is -0.346. The van der Waals surface area contributed by atoms with Crippen LogP contribution in [0.3, 0.4) is 0 Å². The van der Waals surface area contributed by atoms with Crippen LogP contribution in [-0.2, 0) is 22.4 Å². The Bertz CT molecular complexity index is 935. The SMILES string of the molecule is C=C(C)C(=O)OCCc1cc(-c2ccc(C3CCC(C)CC3)cc2C)ccc1CCCO. The smallest absolute Gasteiger partial charge is 0.333 e. The van der Waals surface area contributed by atoms with E-state index in [0.717, 1.165) is 18.8 Å². The number of ether oxygens (including phenoxy) is 1. The number of benzene rings is 2. The average molecular weight is 435 g/mol. The molecule has 0 bridgehead atoms. The van der Waals surface area contributed by atoms with Gasteiger partial charge in [-0.15, -0.1) is 0 Å². The fourth-order valence-electron chi connectivity index (χ4n) is 4.77. The zero-order valence-electron chi connectivity index (χ0n) is 20.0. The fraction of sp³-hybridized carbons (Fsp3) is 0.483. The summed E-state index contributed by atoms with van der Waals surface area (Å²) in [4.78, 5) is 11.7. The molecule has 0 unspecified atom stereocenters. The van der Waals surface area contributed by atoms with Gasteiger partial charge >= 0.3 is 5.97 Å². The van der Waals surface area contributed by atoms with Crippen molar-refractivity contribution in [1.29, 1.82) is 0 Å². The summed E-state index contributed by atoms with van der Waals surface area (Å²) in [7, 11) is 0. The van der Waals surface area contributed by atoms with Crippen LogP contribution in [0.5, 0.6) is 0 Å². The Labute approximate surface area is 193 Å². The van der Waals surface area contributed by atoms with Gasteiger partial charge in [-0.1, -0.05) is 62.7 Å². The van der Waals surface area contributed by atoms with Crippen molar-refractivity contribution in [1.82, 2.24) is 0 Å². The zero-order valence-corrected chi connectivity index (χ0v) is 20.0. The molecular formula is C29H38O3. The van der Waals surface area contributed by atoms with Crippen molar-refractivity contribution in [2.45, 2.75) is 71.6 Å². The van der Waals surface area contributed by atoms with E-state index in [-0.39, 0.29) is 12.6 Å². The summed E-state index contributed by atoms with van der Waals surface area (Å²) in [6, 6.07) is 13.5. The number of aliphatic hydroxyl groups is 1. The molecule has 1 N–H and O–H groups in total. The van der Waals surface area contributed by atoms with Crippen molar-refractivity contribution in [2.24, 2.45) is 5.92 Å². The second kappa shape index (κ2) is 11.5. The normalized spacial score (nSPS) is 18.4. The highest BCUT2D eigenvalue weighted by Gasteiger charge is 2.20. The van der Waals surface area contributed by atoms with E-state index in [1.807, 2.05) is 0 Å². The zero-order chi connectivity index (χ0) is 23.1. The van der Waals surface area contributed by atoms with Crippen LogP contribution in [0.15, 0.2) is 48.6 Å². The number of rotatable bonds is 9. The number of aliphatic hydroxyl groups excluding tert-OH is 1. The molecule has 1 fully saturated rings. The largest absolute Gasteiger partial charge is 0.462 e. The molecule has 1 saturated carbocycles. The summed E-state index contributed by atoms with van der Waals surface area (Å²) in [6.45, 7) is 10.4. The molecule has 0 aromatic heterocycles. The molecule has 0 atom stereocenters. The van der Waals surface area contributed by atoms with Gasteiger partial charge in [-0.05, 0) is 84.7 Å². The van der Waals surface area contributed by atoms with Gasteiger partial charge < -0.3 is 9.84 Å². The maximum Gasteiger partial charge on any atom is 0.333 e. The molecule has 0 amide bonds. The van der Waals surface area contributed by atoms with E-state index < -0.39 is 0 Å². The van der Waals surface area contributed by atoms with Crippen molar-refractivity contribution in [3.05, 3.63) is 70.8 Å². The van der Waals surface area contributed by atoms with Gasteiger partial charge in [-0.2, -0.15) is 0 Å². The van der Waals surface area contributed by atoms with Crippen LogP contribution in [0, 0.1) is 12.8 Å². The molecule has 0 aliphatic heterocycles. The minimum absolute atomic E-state index is 0.173. The number of aryl methyl sites for hydroxylation is 2. The van der Waals surface area contributed by atoms with Crippen LogP contribution >= 0.6 is 0 Å². The Balaban J connectivity index is 1.80. The van der Waals surface area contributed by atoms with Crippen molar-refractivity contribution in [3.63, 3.8) is 0 Å². The second-order valence-electron chi connectivity index (χ2n) is 9.51. The van der Waals surface area contributed by atoms with Gasteiger partial charge in [0.1, 0.15) is 0 Å². The van der Waals surface area contributed by atoms with Crippen LogP contribution < -0.4 is 0 Å². The summed E-state index contributed by atoms with van der Waals surface area (Å²) < 4.78 is 5.34. The average Bonchev–Trinajstić information content (AvgIpc) is 2.78. The molecule has 2 aromatic rings. The van der Waals surface area contributed by atoms with E-state index in [2.05, 4.69) is 56.8 Å². The highest BCUT2D eigenvalue weighted by molar-refractivity contribution is 5.86. The molecule has 2 aromatic carbocycles. The molecule has 0 radical (unpaired) electrons. The first kappa shape index (κ1) is 24.3. The quantitative estimate of drug-likeness (QED) is 0.360. The molecular weight excluding hydrogens is 396 g/mol. The Hall–Kier alpha value is -2.39. The molecule has 0 saturated heterocycles. The van der Waals surface area contributed by atoms with Crippen LogP contribution in [0.4, 0.5) is 0 Å². The lowest BCUT2D eigenvalue weighted by Crippen LogP contribution is -2.11. The van der Waals surface area contributed by atoms with E-state index in [4.69, 9.17) is 4.74 Å². The molecule has 32 heavy (non-hydrogen) atoms. The summed E-state index contributed by atoms with van der Waals surface area (Å²) in [5.41, 5.74) is 8.04. The topological polar surface area (TPSA) is 46.5 Å². The predicted octanol–water partition coefficient (Wildman–Crippen LogP) is 6.54. The lowest BCUT2D eigenvalue weighted by Gasteiger charge is -2.27. The van der Waals surface area contributed by atoms with Gasteiger partial charge in [-0.25, -0.2) is 4.79 Å². The lowest BCUT2D eigenvalue weighted by atomic mass is 9.78. The molecule has 0 heterocycles. The number of esters is 1. The standard InChI is InChI=1S/C29H38O3/c1-20(2)29(31)32-17-15-26-19-27(12-11-23(26)6-5-16-30)28-14-13-25(18-22(28)4)24-9-7-21(3)8-10-24/h11-14,18-19,21,24,30H,1,5-10,15-17H2,2-4H3. The Morgan fingerprint density at radius 1 is 1.06 bits per heavy atom. The molecule has 3 nitrogen and oxygen atoms in total. The van der Waals surface area contributed by atoms with Gasteiger partial charge in [0.2, 0.25) is 0 Å². The lowest BCUT2D eigenvalue weighted by molar-refractivity contribution is -0.138. The van der Waals surface area contributed by atoms with E-state index in [1.54, 1.807) is 6.92 Å². The first-order chi connectivity index (χ1) is 15.4. The maximum atomic E-state index is 11.7. The molecule has 0 spiro atoms. The first-order valence-corrected chi connectivity index (χ1v) is 12.0. The fourth-order valence-corrected chi connectivity index (χ4v) is 4.77. The first-order valence-electron chi connectivity index (χ1n) is 12.0. The van der Waals surface area contributed by atoms with Gasteiger partial charge in [0, 0.05) is 18.6 Å². The monoisotopic (exact) mass is 434 g/mol. The molecule has 172 valence electrons. The predicted molar refractivity (Wildman–Crippen MR) is 132 cm³/mol. The number of carbonyl (C=O) groups is 1. The van der Waals surface area contributed by atoms with Crippen LogP contribution in [0.2, 0.25) is 0 Å². The number of carbonyl (C=O) groups excluding carboxylic acids is 1. The van der Waals surface area contributed by atoms with E-state index in [1.165, 1.54) is 59.1 Å². The Morgan fingerprint density at radius 2 is 1.81 bits per heavy atom. The molecule has 3 rings (SSSR count). The van der Waals surface area contributed by atoms with Gasteiger partial charge in [0.05, 0.1) is 6.61 Å². The Morgan fingerprint density at radius 3 is 2.47 bits per heavy atom. The molecule has 1 aliphatic carbocycles. The van der Waals surface area contributed by atoms with Crippen molar-refractivity contribution in [3.8, 4) is 11.1 Å². The third kappa shape index (κ3) is 6.32. The third-order valence-electron chi connectivity index (χ3n) is 6.81. The van der Waals surface area contributed by atoms with Gasteiger partial charge in [0.25, 0.3) is 0 Å². The van der Waals surface area contributed by atoms with Crippen molar-refractivity contribution in [2.75, 3.05) is 13.2 Å². The van der Waals surface area contributed by atoms with Gasteiger partial charge in [0.15, 0.2) is 0 Å². The Kier molecular flexibility index (Phi) is 8.69. The van der Waals surface area contributed by atoms with E-state index >= 15 is 0 Å². The maximum absolute atomic E-state index is 11.7. The number of hydrogen-bond acceptors (Lipinski definition) is 3. The van der Waals surface area contributed by atoms with E-state index in [0.29, 0.717) is 24.5 Å². The van der Waals surface area contributed by atoms with Crippen LogP contribution in [0.25, 0.3) is 11.1 Å². The molecule has 3 heteroatoms. The van der Waals surface area contributed by atoms with Crippen LogP contribution in [-0.4, -0.2) is 24.3 Å². The molecule has 1 aliphatic rings.